The van der Waals surface area contributed by atoms with Crippen LogP contribution < -0.4 is 9.47 Å². The van der Waals surface area contributed by atoms with Gasteiger partial charge in [0.25, 0.3) is 0 Å². The first-order chi connectivity index (χ1) is 10.0. The molecule has 2 heteroatoms. The Hall–Kier alpha value is -1.96. The largest absolute Gasteiger partial charge is 0.490 e. The van der Waals surface area contributed by atoms with E-state index in [0.717, 1.165) is 17.9 Å². The molecule has 2 aromatic rings. The van der Waals surface area contributed by atoms with E-state index in [9.17, 15) is 0 Å². The SMILES string of the molecule is CC(C)(C)Cc1cccc(OCCOc2ccccc2)c1. The average molecular weight is 284 g/mol. The molecular formula is C19H24O2. The molecule has 0 saturated carbocycles. The molecule has 0 unspecified atom stereocenters. The van der Waals surface area contributed by atoms with Crippen LogP contribution >= 0.6 is 0 Å². The van der Waals surface area contributed by atoms with Crippen molar-refractivity contribution >= 4 is 0 Å². The summed E-state index contributed by atoms with van der Waals surface area (Å²) in [6.07, 6.45) is 1.05. The number of para-hydroxylation sites is 1. The Bertz CT molecular complexity index is 541. The van der Waals surface area contributed by atoms with E-state index in [4.69, 9.17) is 9.47 Å². The Labute approximate surface area is 127 Å². The lowest BCUT2D eigenvalue weighted by Gasteiger charge is -2.18. The molecule has 0 saturated heterocycles. The van der Waals surface area contributed by atoms with E-state index >= 15 is 0 Å². The van der Waals surface area contributed by atoms with Gasteiger partial charge in [0.1, 0.15) is 24.7 Å². The second kappa shape index (κ2) is 7.16. The summed E-state index contributed by atoms with van der Waals surface area (Å²) in [5.41, 5.74) is 1.60. The summed E-state index contributed by atoms with van der Waals surface area (Å²) >= 11 is 0. The summed E-state index contributed by atoms with van der Waals surface area (Å²) in [7, 11) is 0. The normalized spacial score (nSPS) is 11.2. The molecule has 0 fully saturated rings. The van der Waals surface area contributed by atoms with Crippen LogP contribution in [-0.2, 0) is 6.42 Å². The third-order valence-corrected chi connectivity index (χ3v) is 3.00. The van der Waals surface area contributed by atoms with Gasteiger partial charge in [0, 0.05) is 0 Å². The maximum atomic E-state index is 5.76. The van der Waals surface area contributed by atoms with Crippen LogP contribution in [0.2, 0.25) is 0 Å². The average Bonchev–Trinajstić information content (AvgIpc) is 2.43. The zero-order valence-electron chi connectivity index (χ0n) is 13.1. The van der Waals surface area contributed by atoms with Gasteiger partial charge in [-0.2, -0.15) is 0 Å². The molecule has 0 bridgehead atoms. The zero-order chi connectivity index (χ0) is 15.1. The lowest BCUT2D eigenvalue weighted by molar-refractivity contribution is 0.217. The Kier molecular flexibility index (Phi) is 5.26. The minimum atomic E-state index is 0.287. The lowest BCUT2D eigenvalue weighted by atomic mass is 9.88. The number of hydrogen-bond acceptors (Lipinski definition) is 2. The van der Waals surface area contributed by atoms with E-state index in [1.807, 2.05) is 36.4 Å². The number of ether oxygens (including phenoxy) is 2. The van der Waals surface area contributed by atoms with Crippen molar-refractivity contribution in [3.8, 4) is 11.5 Å². The molecule has 0 spiro atoms. The number of rotatable bonds is 6. The van der Waals surface area contributed by atoms with Crippen LogP contribution in [-0.4, -0.2) is 13.2 Å². The molecule has 0 aliphatic heterocycles. The van der Waals surface area contributed by atoms with Crippen molar-refractivity contribution in [2.45, 2.75) is 27.2 Å². The molecule has 2 rings (SSSR count). The van der Waals surface area contributed by atoms with Gasteiger partial charge in [0.05, 0.1) is 0 Å². The van der Waals surface area contributed by atoms with Crippen LogP contribution in [0.25, 0.3) is 0 Å². The van der Waals surface area contributed by atoms with Gasteiger partial charge in [-0.15, -0.1) is 0 Å². The first-order valence-corrected chi connectivity index (χ1v) is 7.42. The van der Waals surface area contributed by atoms with Crippen molar-refractivity contribution in [2.75, 3.05) is 13.2 Å². The molecule has 0 N–H and O–H groups in total. The van der Waals surface area contributed by atoms with E-state index in [1.165, 1.54) is 5.56 Å². The van der Waals surface area contributed by atoms with Crippen molar-refractivity contribution in [3.05, 3.63) is 60.2 Å². The second-order valence-corrected chi connectivity index (χ2v) is 6.39. The fourth-order valence-electron chi connectivity index (χ4n) is 2.19. The van der Waals surface area contributed by atoms with Crippen molar-refractivity contribution in [1.82, 2.24) is 0 Å². The second-order valence-electron chi connectivity index (χ2n) is 6.39. The molecule has 112 valence electrons. The molecule has 2 nitrogen and oxygen atoms in total. The smallest absolute Gasteiger partial charge is 0.122 e. The van der Waals surface area contributed by atoms with E-state index in [0.29, 0.717) is 13.2 Å². The van der Waals surface area contributed by atoms with Gasteiger partial charge in [0.15, 0.2) is 0 Å². The first kappa shape index (κ1) is 15.4. The van der Waals surface area contributed by atoms with Gasteiger partial charge < -0.3 is 9.47 Å². The van der Waals surface area contributed by atoms with Crippen molar-refractivity contribution in [1.29, 1.82) is 0 Å². The Morgan fingerprint density at radius 2 is 1.38 bits per heavy atom. The van der Waals surface area contributed by atoms with Crippen molar-refractivity contribution in [2.24, 2.45) is 5.41 Å². The molecule has 0 aliphatic carbocycles. The highest BCUT2D eigenvalue weighted by Crippen LogP contribution is 2.23. The summed E-state index contributed by atoms with van der Waals surface area (Å²) in [5, 5.41) is 0. The highest BCUT2D eigenvalue weighted by atomic mass is 16.5. The molecule has 0 heterocycles. The van der Waals surface area contributed by atoms with Crippen molar-refractivity contribution in [3.63, 3.8) is 0 Å². The van der Waals surface area contributed by atoms with Crippen LogP contribution in [0.3, 0.4) is 0 Å². The van der Waals surface area contributed by atoms with Crippen LogP contribution in [0.5, 0.6) is 11.5 Å². The van der Waals surface area contributed by atoms with E-state index in [1.54, 1.807) is 0 Å². The van der Waals surface area contributed by atoms with Gasteiger partial charge in [-0.1, -0.05) is 51.1 Å². The minimum Gasteiger partial charge on any atom is -0.490 e. The minimum absolute atomic E-state index is 0.287. The number of hydrogen-bond donors (Lipinski definition) is 0. The van der Waals surface area contributed by atoms with E-state index in [-0.39, 0.29) is 5.41 Å². The van der Waals surface area contributed by atoms with Crippen LogP contribution in [0.4, 0.5) is 0 Å². The third-order valence-electron chi connectivity index (χ3n) is 3.00. The monoisotopic (exact) mass is 284 g/mol. The fourth-order valence-corrected chi connectivity index (χ4v) is 2.19. The van der Waals surface area contributed by atoms with Gasteiger partial charge in [-0.3, -0.25) is 0 Å². The summed E-state index contributed by atoms with van der Waals surface area (Å²) in [6, 6.07) is 18.1. The molecule has 2 aromatic carbocycles. The standard InChI is InChI=1S/C19H24O2/c1-19(2,3)15-16-8-7-11-18(14-16)21-13-12-20-17-9-5-4-6-10-17/h4-11,14H,12-13,15H2,1-3H3. The van der Waals surface area contributed by atoms with Gasteiger partial charge in [-0.05, 0) is 41.7 Å². The summed E-state index contributed by atoms with van der Waals surface area (Å²) in [6.45, 7) is 7.83. The van der Waals surface area contributed by atoms with Gasteiger partial charge in [-0.25, -0.2) is 0 Å². The summed E-state index contributed by atoms with van der Waals surface area (Å²) < 4.78 is 11.4. The molecule has 0 radical (unpaired) electrons. The Balaban J connectivity index is 1.79. The maximum absolute atomic E-state index is 5.76. The van der Waals surface area contributed by atoms with Gasteiger partial charge in [0.2, 0.25) is 0 Å². The molecule has 0 atom stereocenters. The quantitative estimate of drug-likeness (QED) is 0.714. The Morgan fingerprint density at radius 1 is 0.762 bits per heavy atom. The molecular weight excluding hydrogens is 260 g/mol. The fraction of sp³-hybridized carbons (Fsp3) is 0.368. The molecule has 0 aromatic heterocycles. The third kappa shape index (κ3) is 5.90. The van der Waals surface area contributed by atoms with Crippen LogP contribution in [0, 0.1) is 5.41 Å². The van der Waals surface area contributed by atoms with Crippen molar-refractivity contribution < 1.29 is 9.47 Å². The zero-order valence-corrected chi connectivity index (χ0v) is 13.1. The van der Waals surface area contributed by atoms with E-state index < -0.39 is 0 Å². The highest BCUT2D eigenvalue weighted by Gasteiger charge is 2.11. The summed E-state index contributed by atoms with van der Waals surface area (Å²) in [5.74, 6) is 1.79. The molecule has 0 amide bonds. The highest BCUT2D eigenvalue weighted by molar-refractivity contribution is 5.29. The lowest BCUT2D eigenvalue weighted by Crippen LogP contribution is -2.10. The van der Waals surface area contributed by atoms with Gasteiger partial charge >= 0.3 is 0 Å². The molecule has 21 heavy (non-hydrogen) atoms. The van der Waals surface area contributed by atoms with E-state index in [2.05, 4.69) is 39.0 Å². The predicted octanol–water partition coefficient (Wildman–Crippen LogP) is 4.73. The molecule has 0 aliphatic rings. The summed E-state index contributed by atoms with van der Waals surface area (Å²) in [4.78, 5) is 0. The first-order valence-electron chi connectivity index (χ1n) is 7.42. The Morgan fingerprint density at radius 3 is 2.05 bits per heavy atom. The maximum Gasteiger partial charge on any atom is 0.122 e. The topological polar surface area (TPSA) is 18.5 Å². The van der Waals surface area contributed by atoms with Crippen LogP contribution in [0.1, 0.15) is 26.3 Å². The predicted molar refractivity (Wildman–Crippen MR) is 87.0 cm³/mol. The van der Waals surface area contributed by atoms with Crippen LogP contribution in [0.15, 0.2) is 54.6 Å². The number of benzene rings is 2.